The number of anilines is 1. The van der Waals surface area contributed by atoms with Crippen LogP contribution in [0.5, 0.6) is 5.75 Å². The largest absolute Gasteiger partial charge is 0.476 e. The summed E-state index contributed by atoms with van der Waals surface area (Å²) in [5, 5.41) is 2.77. The predicted octanol–water partition coefficient (Wildman–Crippen LogP) is 2.53. The van der Waals surface area contributed by atoms with Gasteiger partial charge in [-0.3, -0.25) is 9.59 Å². The van der Waals surface area contributed by atoms with E-state index in [0.29, 0.717) is 5.76 Å². The molecule has 0 fully saturated rings. The van der Waals surface area contributed by atoms with Crippen LogP contribution in [0, 0.1) is 6.92 Å². The number of hydrogen-bond donors (Lipinski definition) is 1. The van der Waals surface area contributed by atoms with Crippen molar-refractivity contribution in [2.45, 2.75) is 20.3 Å². The summed E-state index contributed by atoms with van der Waals surface area (Å²) in [5.41, 5.74) is 1.49. The van der Waals surface area contributed by atoms with Crippen LogP contribution in [0.1, 0.15) is 18.2 Å². The first-order valence-corrected chi connectivity index (χ1v) is 6.70. The van der Waals surface area contributed by atoms with E-state index >= 15 is 0 Å². The average Bonchev–Trinajstić information content (AvgIpc) is 2.47. The zero-order chi connectivity index (χ0) is 15.2. The molecule has 0 bridgehead atoms. The molecule has 0 unspecified atom stereocenters. The topological polar surface area (TPSA) is 68.5 Å². The molecule has 110 valence electrons. The number of rotatable bonds is 5. The number of para-hydroxylation sites is 1. The monoisotopic (exact) mass is 287 g/mol. The molecule has 0 radical (unpaired) electrons. The lowest BCUT2D eigenvalue weighted by atomic mass is 10.1. The molecule has 0 spiro atoms. The van der Waals surface area contributed by atoms with Crippen LogP contribution in [-0.4, -0.2) is 12.5 Å². The van der Waals surface area contributed by atoms with Crippen LogP contribution >= 0.6 is 0 Å². The van der Waals surface area contributed by atoms with E-state index in [4.69, 9.17) is 9.15 Å². The standard InChI is InChI=1S/C16H17NO4/c1-3-12-6-4-5-7-13(12)17-15(19)10-21-16-11(2)20-9-8-14(16)18/h4-9H,3,10H2,1-2H3,(H,17,19). The van der Waals surface area contributed by atoms with Crippen LogP contribution in [0.15, 0.2) is 45.8 Å². The van der Waals surface area contributed by atoms with Crippen molar-refractivity contribution in [3.05, 3.63) is 58.1 Å². The fourth-order valence-corrected chi connectivity index (χ4v) is 1.95. The smallest absolute Gasteiger partial charge is 0.262 e. The quantitative estimate of drug-likeness (QED) is 0.917. The van der Waals surface area contributed by atoms with E-state index < -0.39 is 0 Å². The summed E-state index contributed by atoms with van der Waals surface area (Å²) < 4.78 is 10.3. The van der Waals surface area contributed by atoms with Crippen LogP contribution in [0.3, 0.4) is 0 Å². The maximum Gasteiger partial charge on any atom is 0.262 e. The molecule has 21 heavy (non-hydrogen) atoms. The van der Waals surface area contributed by atoms with Crippen molar-refractivity contribution >= 4 is 11.6 Å². The highest BCUT2D eigenvalue weighted by atomic mass is 16.5. The molecular weight excluding hydrogens is 270 g/mol. The number of aryl methyl sites for hydroxylation is 2. The maximum atomic E-state index is 11.9. The Morgan fingerprint density at radius 3 is 2.76 bits per heavy atom. The van der Waals surface area contributed by atoms with Crippen molar-refractivity contribution in [3.63, 3.8) is 0 Å². The lowest BCUT2D eigenvalue weighted by Gasteiger charge is -2.10. The van der Waals surface area contributed by atoms with E-state index in [1.165, 1.54) is 12.3 Å². The summed E-state index contributed by atoms with van der Waals surface area (Å²) in [6, 6.07) is 8.81. The first kappa shape index (κ1) is 14.8. The van der Waals surface area contributed by atoms with Crippen molar-refractivity contribution in [1.29, 1.82) is 0 Å². The minimum atomic E-state index is -0.321. The van der Waals surface area contributed by atoms with Gasteiger partial charge in [0, 0.05) is 11.8 Å². The van der Waals surface area contributed by atoms with Gasteiger partial charge in [-0.05, 0) is 25.0 Å². The highest BCUT2D eigenvalue weighted by Crippen LogP contribution is 2.15. The molecule has 1 N–H and O–H groups in total. The first-order valence-electron chi connectivity index (χ1n) is 6.70. The molecule has 0 saturated heterocycles. The van der Waals surface area contributed by atoms with Gasteiger partial charge in [-0.1, -0.05) is 25.1 Å². The fourth-order valence-electron chi connectivity index (χ4n) is 1.95. The molecule has 0 saturated carbocycles. The molecule has 0 aliphatic heterocycles. The molecule has 1 aromatic carbocycles. The van der Waals surface area contributed by atoms with Gasteiger partial charge in [-0.25, -0.2) is 0 Å². The average molecular weight is 287 g/mol. The summed E-state index contributed by atoms with van der Waals surface area (Å²) in [6.07, 6.45) is 2.11. The third-order valence-electron chi connectivity index (χ3n) is 3.03. The molecule has 1 amide bonds. The maximum absolute atomic E-state index is 11.9. The van der Waals surface area contributed by atoms with E-state index in [0.717, 1.165) is 17.7 Å². The number of amides is 1. The molecule has 0 atom stereocenters. The zero-order valence-electron chi connectivity index (χ0n) is 12.0. The normalized spacial score (nSPS) is 10.2. The lowest BCUT2D eigenvalue weighted by Crippen LogP contribution is -2.23. The summed E-state index contributed by atoms with van der Waals surface area (Å²) in [7, 11) is 0. The highest BCUT2D eigenvalue weighted by molar-refractivity contribution is 5.92. The van der Waals surface area contributed by atoms with E-state index in [1.807, 2.05) is 31.2 Å². The minimum Gasteiger partial charge on any atom is -0.476 e. The summed E-state index contributed by atoms with van der Waals surface area (Å²) in [6.45, 7) is 3.38. The Morgan fingerprint density at radius 2 is 2.05 bits per heavy atom. The van der Waals surface area contributed by atoms with Gasteiger partial charge in [0.05, 0.1) is 6.26 Å². The molecule has 5 heteroatoms. The molecule has 5 nitrogen and oxygen atoms in total. The van der Waals surface area contributed by atoms with Crippen LogP contribution in [-0.2, 0) is 11.2 Å². The lowest BCUT2D eigenvalue weighted by molar-refractivity contribution is -0.118. The molecule has 1 heterocycles. The predicted molar refractivity (Wildman–Crippen MR) is 79.7 cm³/mol. The Morgan fingerprint density at radius 1 is 1.29 bits per heavy atom. The van der Waals surface area contributed by atoms with Gasteiger partial charge in [-0.2, -0.15) is 0 Å². The number of carbonyl (C=O) groups is 1. The Bertz CT molecular complexity index is 691. The van der Waals surface area contributed by atoms with Crippen LogP contribution in [0.2, 0.25) is 0 Å². The third-order valence-corrected chi connectivity index (χ3v) is 3.03. The van der Waals surface area contributed by atoms with Crippen LogP contribution in [0.25, 0.3) is 0 Å². The Balaban J connectivity index is 2.01. The fraction of sp³-hybridized carbons (Fsp3) is 0.250. The summed E-state index contributed by atoms with van der Waals surface area (Å²) in [4.78, 5) is 23.5. The van der Waals surface area contributed by atoms with Gasteiger partial charge in [0.1, 0.15) is 5.76 Å². The van der Waals surface area contributed by atoms with Crippen molar-refractivity contribution in [1.82, 2.24) is 0 Å². The molecule has 1 aromatic heterocycles. The zero-order valence-corrected chi connectivity index (χ0v) is 12.0. The van der Waals surface area contributed by atoms with Gasteiger partial charge in [0.2, 0.25) is 11.2 Å². The summed E-state index contributed by atoms with van der Waals surface area (Å²) in [5.74, 6) is 0.0965. The second-order valence-electron chi connectivity index (χ2n) is 4.52. The second-order valence-corrected chi connectivity index (χ2v) is 4.52. The minimum absolute atomic E-state index is 0.0661. The van der Waals surface area contributed by atoms with Crippen molar-refractivity contribution in [3.8, 4) is 5.75 Å². The third kappa shape index (κ3) is 3.72. The number of nitrogens with one attached hydrogen (secondary N) is 1. The molecular formula is C16H17NO4. The molecule has 2 aromatic rings. The Labute approximate surface area is 122 Å². The molecule has 2 rings (SSSR count). The molecule has 0 aliphatic carbocycles. The number of ether oxygens (including phenoxy) is 1. The van der Waals surface area contributed by atoms with Crippen molar-refractivity contribution < 1.29 is 13.9 Å². The Kier molecular flexibility index (Phi) is 4.77. The van der Waals surface area contributed by atoms with Gasteiger partial charge in [0.15, 0.2) is 6.61 Å². The van der Waals surface area contributed by atoms with Crippen molar-refractivity contribution in [2.75, 3.05) is 11.9 Å². The number of benzene rings is 1. The van der Waals surface area contributed by atoms with Crippen LogP contribution in [0.4, 0.5) is 5.69 Å². The summed E-state index contributed by atoms with van der Waals surface area (Å²) >= 11 is 0. The number of carbonyl (C=O) groups excluding carboxylic acids is 1. The first-order chi connectivity index (χ1) is 10.1. The van der Waals surface area contributed by atoms with Gasteiger partial charge in [-0.15, -0.1) is 0 Å². The second kappa shape index (κ2) is 6.74. The van der Waals surface area contributed by atoms with E-state index in [-0.39, 0.29) is 23.7 Å². The van der Waals surface area contributed by atoms with E-state index in [9.17, 15) is 9.59 Å². The molecule has 0 aliphatic rings. The van der Waals surface area contributed by atoms with Gasteiger partial charge in [0.25, 0.3) is 5.91 Å². The SMILES string of the molecule is CCc1ccccc1NC(=O)COc1c(C)occc1=O. The van der Waals surface area contributed by atoms with Gasteiger partial charge >= 0.3 is 0 Å². The Hall–Kier alpha value is -2.56. The van der Waals surface area contributed by atoms with E-state index in [2.05, 4.69) is 5.32 Å². The van der Waals surface area contributed by atoms with Crippen LogP contribution < -0.4 is 15.5 Å². The van der Waals surface area contributed by atoms with Gasteiger partial charge < -0.3 is 14.5 Å². The number of hydrogen-bond acceptors (Lipinski definition) is 4. The highest BCUT2D eigenvalue weighted by Gasteiger charge is 2.10. The van der Waals surface area contributed by atoms with Crippen molar-refractivity contribution in [2.24, 2.45) is 0 Å². The van der Waals surface area contributed by atoms with E-state index in [1.54, 1.807) is 6.92 Å².